The number of hydrogen-bond acceptors (Lipinski definition) is 0. The first-order valence-corrected chi connectivity index (χ1v) is 3.60. The van der Waals surface area contributed by atoms with Gasteiger partial charge in [-0.25, -0.2) is 0 Å². The molecule has 0 aromatic heterocycles. The van der Waals surface area contributed by atoms with Crippen LogP contribution in [0.15, 0.2) is 0 Å². The molecule has 1 aliphatic carbocycles. The van der Waals surface area contributed by atoms with E-state index < -0.39 is 0 Å². The molecule has 0 atom stereocenters. The van der Waals surface area contributed by atoms with Gasteiger partial charge in [0.2, 0.25) is 0 Å². The van der Waals surface area contributed by atoms with Crippen molar-refractivity contribution < 1.29 is 12.4 Å². The fourth-order valence-corrected chi connectivity index (χ4v) is 1.25. The summed E-state index contributed by atoms with van der Waals surface area (Å²) >= 11 is 0. The van der Waals surface area contributed by atoms with Crippen LogP contribution in [-0.4, -0.2) is 23.1 Å². The molecular formula is C8H15ClMg. The zero-order valence-corrected chi connectivity index (χ0v) is 9.16. The van der Waals surface area contributed by atoms with Crippen LogP contribution in [-0.2, 0) is 0 Å². The van der Waals surface area contributed by atoms with Gasteiger partial charge in [-0.3, -0.25) is 0 Å². The Morgan fingerprint density at radius 1 is 1.20 bits per heavy atom. The van der Waals surface area contributed by atoms with Crippen molar-refractivity contribution in [2.45, 2.75) is 39.5 Å². The Bertz CT molecular complexity index is 57.7. The van der Waals surface area contributed by atoms with Gasteiger partial charge in [0.1, 0.15) is 0 Å². The summed E-state index contributed by atoms with van der Waals surface area (Å²) in [5.41, 5.74) is 0. The molecule has 0 spiro atoms. The molecule has 0 aliphatic heterocycles. The second kappa shape index (κ2) is 6.75. The third-order valence-electron chi connectivity index (χ3n) is 2.13. The van der Waals surface area contributed by atoms with Crippen LogP contribution in [0.2, 0.25) is 0 Å². The van der Waals surface area contributed by atoms with Crippen molar-refractivity contribution in [3.05, 3.63) is 5.92 Å². The second-order valence-electron chi connectivity index (χ2n) is 3.14. The molecule has 0 unspecified atom stereocenters. The fourth-order valence-electron chi connectivity index (χ4n) is 1.25. The maximum Gasteiger partial charge on any atom is 2.00 e. The number of hydrogen-bond donors (Lipinski definition) is 0. The topological polar surface area (TPSA) is 0 Å². The van der Waals surface area contributed by atoms with E-state index in [9.17, 15) is 0 Å². The first kappa shape index (κ1) is 13.6. The van der Waals surface area contributed by atoms with E-state index in [2.05, 4.69) is 13.8 Å². The third kappa shape index (κ3) is 4.81. The molecule has 56 valence electrons. The van der Waals surface area contributed by atoms with Crippen molar-refractivity contribution in [2.75, 3.05) is 0 Å². The molecule has 0 heterocycles. The molecule has 0 aromatic rings. The molecule has 1 saturated carbocycles. The molecule has 0 bridgehead atoms. The molecular weight excluding hydrogens is 156 g/mol. The Kier molecular flexibility index (Phi) is 9.20. The Balaban J connectivity index is 0. The molecule has 1 rings (SSSR count). The van der Waals surface area contributed by atoms with Crippen LogP contribution in [0, 0.1) is 11.8 Å². The first-order valence-electron chi connectivity index (χ1n) is 3.60. The summed E-state index contributed by atoms with van der Waals surface area (Å²) in [7, 11) is 0. The molecule has 10 heavy (non-hydrogen) atoms. The normalized spacial score (nSPS) is 21.0. The predicted octanol–water partition coefficient (Wildman–Crippen LogP) is -0.586. The van der Waals surface area contributed by atoms with E-state index in [0.29, 0.717) is 0 Å². The van der Waals surface area contributed by atoms with Gasteiger partial charge in [-0.05, 0) is 5.92 Å². The van der Waals surface area contributed by atoms with E-state index in [1.165, 1.54) is 25.7 Å². The van der Waals surface area contributed by atoms with E-state index in [1.807, 2.05) is 0 Å². The van der Waals surface area contributed by atoms with Crippen LogP contribution in [0.1, 0.15) is 39.5 Å². The minimum atomic E-state index is 0. The Morgan fingerprint density at radius 2 is 1.60 bits per heavy atom. The Morgan fingerprint density at radius 3 is 1.90 bits per heavy atom. The zero-order valence-electron chi connectivity index (χ0n) is 6.99. The zero-order chi connectivity index (χ0) is 5.98. The van der Waals surface area contributed by atoms with Gasteiger partial charge >= 0.3 is 23.1 Å². The van der Waals surface area contributed by atoms with Crippen LogP contribution in [0.5, 0.6) is 0 Å². The molecule has 0 nitrogen and oxygen atoms in total. The molecule has 0 N–H and O–H groups in total. The number of rotatable bonds is 0. The summed E-state index contributed by atoms with van der Waals surface area (Å²) in [5.74, 6) is 2.71. The van der Waals surface area contributed by atoms with Crippen molar-refractivity contribution >= 4 is 23.1 Å². The van der Waals surface area contributed by atoms with Crippen LogP contribution >= 0.6 is 0 Å². The Labute approximate surface area is 86.7 Å². The maximum absolute atomic E-state index is 2.35. The summed E-state index contributed by atoms with van der Waals surface area (Å²) in [4.78, 5) is 0. The largest absolute Gasteiger partial charge is 2.00 e. The molecule has 0 saturated heterocycles. The van der Waals surface area contributed by atoms with E-state index in [1.54, 1.807) is 5.92 Å². The van der Waals surface area contributed by atoms with Gasteiger partial charge < -0.3 is 18.3 Å². The SMILES string of the molecule is C[C-]1CCC(C)CC1.[Cl-].[Mg+2]. The fraction of sp³-hybridized carbons (Fsp3) is 0.875. The quantitative estimate of drug-likeness (QED) is 0.337. The van der Waals surface area contributed by atoms with E-state index >= 15 is 0 Å². The van der Waals surface area contributed by atoms with Crippen molar-refractivity contribution in [3.8, 4) is 0 Å². The molecule has 1 aliphatic rings. The summed E-state index contributed by atoms with van der Waals surface area (Å²) in [6, 6.07) is 0. The molecule has 0 amide bonds. The van der Waals surface area contributed by atoms with Gasteiger partial charge in [0.05, 0.1) is 0 Å². The average Bonchev–Trinajstić information content (AvgIpc) is 1.77. The van der Waals surface area contributed by atoms with E-state index in [0.717, 1.165) is 5.92 Å². The van der Waals surface area contributed by atoms with Gasteiger partial charge in [0, 0.05) is 0 Å². The van der Waals surface area contributed by atoms with E-state index in [-0.39, 0.29) is 35.5 Å². The summed E-state index contributed by atoms with van der Waals surface area (Å²) in [6.45, 7) is 4.64. The van der Waals surface area contributed by atoms with Gasteiger partial charge in [0.25, 0.3) is 0 Å². The van der Waals surface area contributed by atoms with Crippen LogP contribution in [0.4, 0.5) is 0 Å². The molecule has 0 radical (unpaired) electrons. The van der Waals surface area contributed by atoms with Gasteiger partial charge in [-0.2, -0.15) is 19.8 Å². The maximum atomic E-state index is 2.35. The standard InChI is InChI=1S/C8H15.ClH.Mg/c1-7-3-5-8(2)6-4-7;;/h7H,3-6H2,1-2H3;1H;/q-1;;+2/p-1. The van der Waals surface area contributed by atoms with Gasteiger partial charge in [-0.15, -0.1) is 0 Å². The van der Waals surface area contributed by atoms with Crippen molar-refractivity contribution in [2.24, 2.45) is 5.92 Å². The summed E-state index contributed by atoms with van der Waals surface area (Å²) in [6.07, 6.45) is 5.65. The number of halogens is 1. The van der Waals surface area contributed by atoms with Crippen LogP contribution in [0.3, 0.4) is 0 Å². The van der Waals surface area contributed by atoms with Crippen molar-refractivity contribution in [1.29, 1.82) is 0 Å². The van der Waals surface area contributed by atoms with Gasteiger partial charge in [-0.1, -0.05) is 19.8 Å². The van der Waals surface area contributed by atoms with Crippen molar-refractivity contribution in [3.63, 3.8) is 0 Å². The van der Waals surface area contributed by atoms with Crippen molar-refractivity contribution in [1.82, 2.24) is 0 Å². The minimum Gasteiger partial charge on any atom is -1.00 e. The van der Waals surface area contributed by atoms with E-state index in [4.69, 9.17) is 0 Å². The molecule has 1 fully saturated rings. The van der Waals surface area contributed by atoms with Crippen LogP contribution < -0.4 is 12.4 Å². The second-order valence-corrected chi connectivity index (χ2v) is 3.14. The third-order valence-corrected chi connectivity index (χ3v) is 2.13. The predicted molar refractivity (Wildman–Crippen MR) is 42.3 cm³/mol. The molecule has 2 heteroatoms. The molecule has 0 aromatic carbocycles. The first-order chi connectivity index (χ1) is 3.79. The average molecular weight is 171 g/mol. The Hall–Kier alpha value is 1.06. The monoisotopic (exact) mass is 170 g/mol. The smallest absolute Gasteiger partial charge is 1.00 e. The minimum absolute atomic E-state index is 0. The summed E-state index contributed by atoms with van der Waals surface area (Å²) in [5, 5.41) is 0. The van der Waals surface area contributed by atoms with Crippen LogP contribution in [0.25, 0.3) is 0 Å². The van der Waals surface area contributed by atoms with Gasteiger partial charge in [0.15, 0.2) is 0 Å². The summed E-state index contributed by atoms with van der Waals surface area (Å²) < 4.78 is 0.